The van der Waals surface area contributed by atoms with Gasteiger partial charge >= 0.3 is 7.12 Å². The molecule has 1 amide bonds. The average Bonchev–Trinajstić information content (AvgIpc) is 3.25. The second-order valence-corrected chi connectivity index (χ2v) is 6.61. The average molecular weight is 337 g/mol. The minimum atomic E-state index is -0.846. The van der Waals surface area contributed by atoms with Gasteiger partial charge < -0.3 is 19.7 Å². The molecule has 0 atom stereocenters. The monoisotopic (exact) mass is 337 g/mol. The Morgan fingerprint density at radius 3 is 2.60 bits per heavy atom. The number of hydrogen-bond donors (Lipinski definition) is 2. The maximum Gasteiger partial charge on any atom is 0.491 e. The molecule has 0 spiro atoms. The lowest BCUT2D eigenvalue weighted by atomic mass is 9.80. The van der Waals surface area contributed by atoms with Crippen LogP contribution in [0.25, 0.3) is 0 Å². The van der Waals surface area contributed by atoms with E-state index >= 15 is 0 Å². The van der Waals surface area contributed by atoms with Gasteiger partial charge in [-0.25, -0.2) is 0 Å². The third-order valence-electron chi connectivity index (χ3n) is 4.82. The van der Waals surface area contributed by atoms with Crippen LogP contribution in [0.3, 0.4) is 0 Å². The summed E-state index contributed by atoms with van der Waals surface area (Å²) in [5, 5.41) is 12.7. The zero-order valence-corrected chi connectivity index (χ0v) is 13.9. The van der Waals surface area contributed by atoms with Crippen molar-refractivity contribution >= 4 is 18.5 Å². The summed E-state index contributed by atoms with van der Waals surface area (Å²) in [6.07, 6.45) is 4.54. The van der Waals surface area contributed by atoms with Gasteiger partial charge in [-0.2, -0.15) is 0 Å². The van der Waals surface area contributed by atoms with Crippen LogP contribution in [-0.2, 0) is 11.3 Å². The minimum Gasteiger partial charge on any atom is -0.457 e. The summed E-state index contributed by atoms with van der Waals surface area (Å²) in [4.78, 5) is 12.2. The van der Waals surface area contributed by atoms with Crippen LogP contribution in [0.5, 0.6) is 11.5 Å². The highest BCUT2D eigenvalue weighted by Crippen LogP contribution is 2.24. The molecule has 25 heavy (non-hydrogen) atoms. The second-order valence-electron chi connectivity index (χ2n) is 6.61. The van der Waals surface area contributed by atoms with E-state index in [4.69, 9.17) is 9.39 Å². The van der Waals surface area contributed by atoms with Crippen LogP contribution in [0.15, 0.2) is 42.5 Å². The van der Waals surface area contributed by atoms with E-state index in [0.717, 1.165) is 23.9 Å². The van der Waals surface area contributed by atoms with E-state index in [9.17, 15) is 9.82 Å². The lowest BCUT2D eigenvalue weighted by Gasteiger charge is -2.12. The van der Waals surface area contributed by atoms with Crippen LogP contribution in [0.2, 0.25) is 0 Å². The molecule has 2 aliphatic rings. The van der Waals surface area contributed by atoms with Gasteiger partial charge in [-0.1, -0.05) is 18.9 Å². The summed E-state index contributed by atoms with van der Waals surface area (Å²) in [7, 11) is -0.846. The smallest absolute Gasteiger partial charge is 0.457 e. The van der Waals surface area contributed by atoms with Gasteiger partial charge in [0.1, 0.15) is 11.5 Å². The molecule has 6 heteroatoms. The van der Waals surface area contributed by atoms with Crippen molar-refractivity contribution in [2.45, 2.75) is 38.3 Å². The Bertz CT molecular complexity index is 771. The first-order chi connectivity index (χ1) is 12.2. The molecule has 1 heterocycles. The fraction of sp³-hybridized carbons (Fsp3) is 0.316. The number of carbonyl (C=O) groups is 1. The molecular weight excluding hydrogens is 317 g/mol. The zero-order chi connectivity index (χ0) is 17.2. The van der Waals surface area contributed by atoms with Crippen LogP contribution < -0.4 is 15.5 Å². The van der Waals surface area contributed by atoms with Gasteiger partial charge in [0.15, 0.2) is 0 Å². The number of amides is 1. The van der Waals surface area contributed by atoms with Crippen molar-refractivity contribution in [3.8, 4) is 11.5 Å². The predicted molar refractivity (Wildman–Crippen MR) is 95.1 cm³/mol. The molecule has 4 rings (SSSR count). The van der Waals surface area contributed by atoms with Crippen LogP contribution in [0.1, 0.15) is 41.6 Å². The van der Waals surface area contributed by atoms with Crippen LogP contribution >= 0.6 is 0 Å². The Labute approximate surface area is 147 Å². The van der Waals surface area contributed by atoms with E-state index in [2.05, 4.69) is 5.32 Å². The van der Waals surface area contributed by atoms with Crippen LogP contribution in [0, 0.1) is 0 Å². The summed E-state index contributed by atoms with van der Waals surface area (Å²) in [6.45, 7) is 0.383. The van der Waals surface area contributed by atoms with Gasteiger partial charge in [0.2, 0.25) is 0 Å². The molecule has 2 aromatic carbocycles. The van der Waals surface area contributed by atoms with Gasteiger partial charge in [0.25, 0.3) is 5.91 Å². The van der Waals surface area contributed by atoms with E-state index in [1.807, 2.05) is 12.1 Å². The first-order valence-corrected chi connectivity index (χ1v) is 8.70. The van der Waals surface area contributed by atoms with E-state index in [0.29, 0.717) is 29.7 Å². The number of ether oxygens (including phenoxy) is 1. The summed E-state index contributed by atoms with van der Waals surface area (Å²) in [5.74, 6) is 1.32. The molecule has 1 fully saturated rings. The van der Waals surface area contributed by atoms with E-state index in [1.54, 1.807) is 30.3 Å². The summed E-state index contributed by atoms with van der Waals surface area (Å²) >= 11 is 0. The summed E-state index contributed by atoms with van der Waals surface area (Å²) in [6, 6.07) is 12.9. The topological polar surface area (TPSA) is 67.8 Å². The Kier molecular flexibility index (Phi) is 4.47. The lowest BCUT2D eigenvalue weighted by Crippen LogP contribution is -2.32. The standard InChI is InChI=1S/C19H20BNO4/c22-19(21-15-3-1-2-4-15)13-5-7-16(8-6-13)25-17-9-10-18-14(11-17)12-24-20(18)23/h5-11,15,23H,1-4,12H2,(H,21,22). The van der Waals surface area contributed by atoms with Crippen molar-refractivity contribution in [3.05, 3.63) is 53.6 Å². The molecule has 1 saturated carbocycles. The van der Waals surface area contributed by atoms with Gasteiger partial charge in [0, 0.05) is 11.6 Å². The molecule has 2 aromatic rings. The Balaban J connectivity index is 1.41. The molecule has 5 nitrogen and oxygen atoms in total. The van der Waals surface area contributed by atoms with Crippen molar-refractivity contribution in [3.63, 3.8) is 0 Å². The number of hydrogen-bond acceptors (Lipinski definition) is 4. The number of rotatable bonds is 4. The fourth-order valence-electron chi connectivity index (χ4n) is 3.42. The van der Waals surface area contributed by atoms with Crippen molar-refractivity contribution in [2.24, 2.45) is 0 Å². The summed E-state index contributed by atoms with van der Waals surface area (Å²) in [5.41, 5.74) is 2.36. The molecule has 128 valence electrons. The maximum absolute atomic E-state index is 12.2. The van der Waals surface area contributed by atoms with E-state index < -0.39 is 7.12 Å². The van der Waals surface area contributed by atoms with E-state index in [-0.39, 0.29) is 5.91 Å². The largest absolute Gasteiger partial charge is 0.491 e. The first kappa shape index (κ1) is 16.2. The molecular formula is C19H20BNO4. The third kappa shape index (κ3) is 3.55. The van der Waals surface area contributed by atoms with Gasteiger partial charge in [-0.05, 0) is 60.3 Å². The number of carbonyl (C=O) groups excluding carboxylic acids is 1. The molecule has 2 N–H and O–H groups in total. The van der Waals surface area contributed by atoms with Crippen molar-refractivity contribution < 1.29 is 19.2 Å². The Morgan fingerprint density at radius 2 is 1.84 bits per heavy atom. The van der Waals surface area contributed by atoms with Crippen molar-refractivity contribution in [1.29, 1.82) is 0 Å². The number of benzene rings is 2. The highest BCUT2D eigenvalue weighted by atomic mass is 16.5. The molecule has 1 aliphatic heterocycles. The van der Waals surface area contributed by atoms with Crippen LogP contribution in [-0.4, -0.2) is 24.1 Å². The Hall–Kier alpha value is -2.31. The van der Waals surface area contributed by atoms with Gasteiger partial charge in [-0.15, -0.1) is 0 Å². The van der Waals surface area contributed by atoms with Crippen molar-refractivity contribution in [2.75, 3.05) is 0 Å². The zero-order valence-electron chi connectivity index (χ0n) is 13.9. The summed E-state index contributed by atoms with van der Waals surface area (Å²) < 4.78 is 11.0. The minimum absolute atomic E-state index is 0.0258. The highest BCUT2D eigenvalue weighted by molar-refractivity contribution is 6.61. The Morgan fingerprint density at radius 1 is 1.12 bits per heavy atom. The lowest BCUT2D eigenvalue weighted by molar-refractivity contribution is 0.0938. The van der Waals surface area contributed by atoms with Crippen molar-refractivity contribution in [1.82, 2.24) is 5.32 Å². The molecule has 0 aromatic heterocycles. The normalized spacial score (nSPS) is 16.8. The molecule has 0 radical (unpaired) electrons. The van der Waals surface area contributed by atoms with Crippen LogP contribution in [0.4, 0.5) is 0 Å². The maximum atomic E-state index is 12.2. The quantitative estimate of drug-likeness (QED) is 0.841. The second kappa shape index (κ2) is 6.90. The third-order valence-corrected chi connectivity index (χ3v) is 4.82. The SMILES string of the molecule is O=C(NC1CCCC1)c1ccc(Oc2ccc3c(c2)COB3O)cc1. The first-order valence-electron chi connectivity index (χ1n) is 8.70. The molecule has 0 unspecified atom stereocenters. The number of fused-ring (bicyclic) bond motifs is 1. The molecule has 0 bridgehead atoms. The fourth-order valence-corrected chi connectivity index (χ4v) is 3.42. The highest BCUT2D eigenvalue weighted by Gasteiger charge is 2.27. The van der Waals surface area contributed by atoms with E-state index in [1.165, 1.54) is 12.8 Å². The molecule has 1 aliphatic carbocycles. The van der Waals surface area contributed by atoms with Gasteiger partial charge in [-0.3, -0.25) is 4.79 Å². The van der Waals surface area contributed by atoms with Gasteiger partial charge in [0.05, 0.1) is 6.61 Å². The predicted octanol–water partition coefficient (Wildman–Crippen LogP) is 2.37. The number of nitrogens with one attached hydrogen (secondary N) is 1. The molecule has 0 saturated heterocycles.